The van der Waals surface area contributed by atoms with Gasteiger partial charge in [-0.25, -0.2) is 4.98 Å². The molecule has 12 heteroatoms. The highest BCUT2D eigenvalue weighted by Gasteiger charge is 2.26. The van der Waals surface area contributed by atoms with Crippen LogP contribution in [-0.2, 0) is 27.2 Å². The van der Waals surface area contributed by atoms with Crippen molar-refractivity contribution in [3.05, 3.63) is 51.5 Å². The summed E-state index contributed by atoms with van der Waals surface area (Å²) in [6.07, 6.45) is -5.76. The first kappa shape index (κ1) is 27.8. The Morgan fingerprint density at radius 3 is 2.44 bits per heavy atom. The zero-order valence-electron chi connectivity index (χ0n) is 18.4. The standard InChI is InChI=1S/C22H27ClF3N3O5/c23-17-5-3-16(4-6-17)18-14-21(32)29(19(28-18)2-1-7-22(24,25)26)15-20(31)27-8-10-33-12-13-34-11-9-30/h3-6,14,30H,1-2,7-13,15H2,(H,27,31). The van der Waals surface area contributed by atoms with Crippen LogP contribution in [0.1, 0.15) is 18.7 Å². The number of hydrogen-bond acceptors (Lipinski definition) is 6. The summed E-state index contributed by atoms with van der Waals surface area (Å²) in [5.74, 6) is -0.408. The first-order chi connectivity index (χ1) is 16.2. The molecule has 0 saturated carbocycles. The molecule has 34 heavy (non-hydrogen) atoms. The minimum Gasteiger partial charge on any atom is -0.394 e. The van der Waals surface area contributed by atoms with Crippen LogP contribution < -0.4 is 10.9 Å². The molecule has 2 N–H and O–H groups in total. The van der Waals surface area contributed by atoms with Crippen molar-refractivity contribution >= 4 is 17.5 Å². The average molecular weight is 506 g/mol. The lowest BCUT2D eigenvalue weighted by atomic mass is 10.1. The maximum atomic E-state index is 12.7. The number of hydrogen-bond donors (Lipinski definition) is 2. The molecule has 1 amide bonds. The zero-order chi connectivity index (χ0) is 25.0. The second-order valence-electron chi connectivity index (χ2n) is 7.26. The van der Waals surface area contributed by atoms with Crippen molar-refractivity contribution in [1.29, 1.82) is 0 Å². The Morgan fingerprint density at radius 2 is 1.79 bits per heavy atom. The lowest BCUT2D eigenvalue weighted by Crippen LogP contribution is -2.36. The van der Waals surface area contributed by atoms with E-state index in [1.165, 1.54) is 6.07 Å². The first-order valence-electron chi connectivity index (χ1n) is 10.7. The van der Waals surface area contributed by atoms with Gasteiger partial charge in [-0.05, 0) is 18.6 Å². The van der Waals surface area contributed by atoms with Gasteiger partial charge in [0.15, 0.2) is 0 Å². The second-order valence-corrected chi connectivity index (χ2v) is 7.69. The molecule has 188 valence electrons. The number of carbonyl (C=O) groups is 1. The van der Waals surface area contributed by atoms with E-state index in [9.17, 15) is 22.8 Å². The second kappa shape index (κ2) is 14.1. The van der Waals surface area contributed by atoms with Gasteiger partial charge in [-0.1, -0.05) is 23.7 Å². The number of nitrogens with zero attached hydrogens (tertiary/aromatic N) is 2. The first-order valence-corrected chi connectivity index (χ1v) is 11.0. The van der Waals surface area contributed by atoms with E-state index in [-0.39, 0.29) is 63.9 Å². The minimum absolute atomic E-state index is 0.0802. The molecule has 1 heterocycles. The number of benzene rings is 1. The van der Waals surface area contributed by atoms with Crippen LogP contribution in [0.2, 0.25) is 5.02 Å². The summed E-state index contributed by atoms with van der Waals surface area (Å²) in [5.41, 5.74) is 0.321. The lowest BCUT2D eigenvalue weighted by Gasteiger charge is -2.14. The van der Waals surface area contributed by atoms with E-state index in [1.54, 1.807) is 24.3 Å². The van der Waals surface area contributed by atoms with Crippen molar-refractivity contribution < 1.29 is 32.5 Å². The number of amides is 1. The number of carbonyl (C=O) groups excluding carboxylic acids is 1. The van der Waals surface area contributed by atoms with Crippen molar-refractivity contribution in [2.75, 3.05) is 39.6 Å². The summed E-state index contributed by atoms with van der Waals surface area (Å²) in [6, 6.07) is 7.76. The smallest absolute Gasteiger partial charge is 0.389 e. The minimum atomic E-state index is -4.33. The summed E-state index contributed by atoms with van der Waals surface area (Å²) < 4.78 is 49.2. The molecule has 1 aromatic heterocycles. The summed E-state index contributed by atoms with van der Waals surface area (Å²) in [4.78, 5) is 29.4. The van der Waals surface area contributed by atoms with Crippen LogP contribution in [0, 0.1) is 0 Å². The predicted octanol–water partition coefficient (Wildman–Crippen LogP) is 2.59. The van der Waals surface area contributed by atoms with Gasteiger partial charge in [0.25, 0.3) is 5.56 Å². The van der Waals surface area contributed by atoms with Crippen LogP contribution in [0.4, 0.5) is 13.2 Å². The molecule has 0 atom stereocenters. The maximum Gasteiger partial charge on any atom is 0.389 e. The van der Waals surface area contributed by atoms with Crippen molar-refractivity contribution in [3.8, 4) is 11.3 Å². The van der Waals surface area contributed by atoms with Gasteiger partial charge < -0.3 is 19.9 Å². The highest BCUT2D eigenvalue weighted by molar-refractivity contribution is 6.30. The number of alkyl halides is 3. The molecule has 0 bridgehead atoms. The maximum absolute atomic E-state index is 12.7. The molecule has 0 aliphatic heterocycles. The van der Waals surface area contributed by atoms with E-state index in [1.807, 2.05) is 0 Å². The monoisotopic (exact) mass is 505 g/mol. The third-order valence-electron chi connectivity index (χ3n) is 4.57. The van der Waals surface area contributed by atoms with Crippen LogP contribution in [0.25, 0.3) is 11.3 Å². The predicted molar refractivity (Wildman–Crippen MR) is 120 cm³/mol. The summed E-state index contributed by atoms with van der Waals surface area (Å²) in [7, 11) is 0. The number of aliphatic hydroxyl groups is 1. The molecule has 0 unspecified atom stereocenters. The van der Waals surface area contributed by atoms with Gasteiger partial charge in [-0.3, -0.25) is 14.2 Å². The van der Waals surface area contributed by atoms with Crippen molar-refractivity contribution in [2.45, 2.75) is 32.0 Å². The van der Waals surface area contributed by atoms with Gasteiger partial charge in [-0.15, -0.1) is 0 Å². The third kappa shape index (κ3) is 10.2. The summed E-state index contributed by atoms with van der Waals surface area (Å²) in [5, 5.41) is 11.7. The molecule has 0 spiro atoms. The fraction of sp³-hybridized carbons (Fsp3) is 0.500. The summed E-state index contributed by atoms with van der Waals surface area (Å²) in [6.45, 7) is 0.718. The summed E-state index contributed by atoms with van der Waals surface area (Å²) >= 11 is 5.88. The van der Waals surface area contributed by atoms with E-state index < -0.39 is 24.1 Å². The number of aromatic nitrogens is 2. The number of nitrogens with one attached hydrogen (secondary N) is 1. The highest BCUT2D eigenvalue weighted by Crippen LogP contribution is 2.23. The van der Waals surface area contributed by atoms with Crippen LogP contribution in [0.5, 0.6) is 0 Å². The number of aliphatic hydroxyl groups excluding tert-OH is 1. The van der Waals surface area contributed by atoms with Gasteiger partial charge >= 0.3 is 6.18 Å². The van der Waals surface area contributed by atoms with Crippen LogP contribution in [0.15, 0.2) is 35.1 Å². The molecule has 0 fully saturated rings. The van der Waals surface area contributed by atoms with E-state index in [0.29, 0.717) is 17.2 Å². The van der Waals surface area contributed by atoms with E-state index in [2.05, 4.69) is 10.3 Å². The van der Waals surface area contributed by atoms with E-state index >= 15 is 0 Å². The average Bonchev–Trinajstić information content (AvgIpc) is 2.77. The Morgan fingerprint density at radius 1 is 1.12 bits per heavy atom. The molecular formula is C22H27ClF3N3O5. The molecule has 2 rings (SSSR count). The molecule has 2 aromatic rings. The normalized spacial score (nSPS) is 11.6. The van der Waals surface area contributed by atoms with Gasteiger partial charge in [0.2, 0.25) is 5.91 Å². The van der Waals surface area contributed by atoms with Gasteiger partial charge in [0.05, 0.1) is 38.7 Å². The molecular weight excluding hydrogens is 479 g/mol. The zero-order valence-corrected chi connectivity index (χ0v) is 19.2. The van der Waals surface area contributed by atoms with Crippen LogP contribution in [-0.4, -0.2) is 66.3 Å². The largest absolute Gasteiger partial charge is 0.394 e. The Bertz CT molecular complexity index is 968. The van der Waals surface area contributed by atoms with E-state index in [0.717, 1.165) is 4.57 Å². The number of rotatable bonds is 14. The topological polar surface area (TPSA) is 103 Å². The number of halogens is 4. The Labute approximate surface area is 199 Å². The van der Waals surface area contributed by atoms with Gasteiger partial charge in [0, 0.05) is 36.0 Å². The van der Waals surface area contributed by atoms with Crippen LogP contribution >= 0.6 is 11.6 Å². The van der Waals surface area contributed by atoms with Crippen molar-refractivity contribution in [3.63, 3.8) is 0 Å². The molecule has 1 aromatic carbocycles. The Hall–Kier alpha value is -2.47. The molecule has 0 aliphatic rings. The fourth-order valence-corrected chi connectivity index (χ4v) is 3.10. The number of aryl methyl sites for hydroxylation is 1. The number of ether oxygens (including phenoxy) is 2. The molecule has 0 radical (unpaired) electrons. The quantitative estimate of drug-likeness (QED) is 0.383. The molecule has 0 aliphatic carbocycles. The fourth-order valence-electron chi connectivity index (χ4n) is 2.98. The molecule has 8 nitrogen and oxygen atoms in total. The SMILES string of the molecule is O=C(Cn1c(CCCC(F)(F)F)nc(-c2ccc(Cl)cc2)cc1=O)NCCOCCOCCO. The third-order valence-corrected chi connectivity index (χ3v) is 4.82. The molecule has 0 saturated heterocycles. The Balaban J connectivity index is 2.04. The Kier molecular flexibility index (Phi) is 11.5. The van der Waals surface area contributed by atoms with Crippen molar-refractivity contribution in [1.82, 2.24) is 14.9 Å². The van der Waals surface area contributed by atoms with Gasteiger partial charge in [-0.2, -0.15) is 13.2 Å². The van der Waals surface area contributed by atoms with E-state index in [4.69, 9.17) is 26.2 Å². The van der Waals surface area contributed by atoms with Crippen molar-refractivity contribution in [2.24, 2.45) is 0 Å². The highest BCUT2D eigenvalue weighted by atomic mass is 35.5. The van der Waals surface area contributed by atoms with Crippen LogP contribution in [0.3, 0.4) is 0 Å². The van der Waals surface area contributed by atoms with Gasteiger partial charge in [0.1, 0.15) is 12.4 Å². The lowest BCUT2D eigenvalue weighted by molar-refractivity contribution is -0.135.